The molecule has 1 aromatic carbocycles. The van der Waals surface area contributed by atoms with Gasteiger partial charge in [0.1, 0.15) is 11.6 Å². The Hall–Kier alpha value is -2.08. The molecule has 6 heteroatoms. The second-order valence-electron chi connectivity index (χ2n) is 6.30. The van der Waals surface area contributed by atoms with Gasteiger partial charge in [0.05, 0.1) is 0 Å². The number of rotatable bonds is 5. The Bertz CT molecular complexity index is 706. The van der Waals surface area contributed by atoms with Crippen molar-refractivity contribution in [2.45, 2.75) is 45.9 Å². The molecule has 1 aliphatic rings. The number of ether oxygens (including phenoxy) is 1. The van der Waals surface area contributed by atoms with E-state index in [0.717, 1.165) is 42.2 Å². The van der Waals surface area contributed by atoms with Crippen LogP contribution < -0.4 is 4.74 Å². The van der Waals surface area contributed by atoms with Gasteiger partial charge in [-0.15, -0.1) is 0 Å². The Morgan fingerprint density at radius 2 is 2.04 bits per heavy atom. The molecule has 2 heterocycles. The molecule has 0 aliphatic carbocycles. The molecule has 0 saturated heterocycles. The van der Waals surface area contributed by atoms with Crippen molar-refractivity contribution in [3.63, 3.8) is 0 Å². The van der Waals surface area contributed by atoms with Gasteiger partial charge in [-0.3, -0.25) is 4.90 Å². The van der Waals surface area contributed by atoms with E-state index in [2.05, 4.69) is 33.5 Å². The third kappa shape index (κ3) is 3.87. The molecule has 0 unspecified atom stereocenters. The fourth-order valence-electron chi connectivity index (χ4n) is 2.89. The maximum atomic E-state index is 12.5. The van der Waals surface area contributed by atoms with Crippen LogP contribution in [0.2, 0.25) is 0 Å². The summed E-state index contributed by atoms with van der Waals surface area (Å²) in [4.78, 5) is 11.3. The molecule has 24 heavy (non-hydrogen) atoms. The second-order valence-corrected chi connectivity index (χ2v) is 6.30. The van der Waals surface area contributed by atoms with E-state index >= 15 is 0 Å². The van der Waals surface area contributed by atoms with Gasteiger partial charge in [-0.2, -0.15) is 8.78 Å². The molecule has 0 fully saturated rings. The van der Waals surface area contributed by atoms with Crippen LogP contribution in [0.5, 0.6) is 5.75 Å². The topological polar surface area (TPSA) is 38.2 Å². The van der Waals surface area contributed by atoms with E-state index < -0.39 is 6.61 Å². The fraction of sp³-hybridized carbons (Fsp3) is 0.444. The van der Waals surface area contributed by atoms with Crippen LogP contribution in [0, 0.1) is 0 Å². The molecular formula is C18H21F2N3O. The first-order valence-electron chi connectivity index (χ1n) is 8.12. The number of hydrogen-bond acceptors (Lipinski definition) is 4. The number of nitrogens with zero attached hydrogens (tertiary/aromatic N) is 3. The molecular weight excluding hydrogens is 312 g/mol. The number of alkyl halides is 2. The van der Waals surface area contributed by atoms with Gasteiger partial charge in [0.15, 0.2) is 0 Å². The molecule has 4 nitrogen and oxygen atoms in total. The van der Waals surface area contributed by atoms with Crippen LogP contribution in [0.1, 0.15) is 42.4 Å². The normalized spacial score (nSPS) is 14.9. The van der Waals surface area contributed by atoms with Crippen LogP contribution in [-0.4, -0.2) is 28.0 Å². The van der Waals surface area contributed by atoms with Crippen molar-refractivity contribution >= 4 is 0 Å². The third-order valence-electron chi connectivity index (χ3n) is 4.13. The fourth-order valence-corrected chi connectivity index (χ4v) is 2.89. The van der Waals surface area contributed by atoms with Gasteiger partial charge in [-0.05, 0) is 6.07 Å². The smallest absolute Gasteiger partial charge is 0.387 e. The van der Waals surface area contributed by atoms with Gasteiger partial charge >= 0.3 is 6.61 Å². The maximum Gasteiger partial charge on any atom is 0.387 e. The lowest BCUT2D eigenvalue weighted by Crippen LogP contribution is -2.31. The third-order valence-corrected chi connectivity index (χ3v) is 4.13. The molecule has 0 spiro atoms. The van der Waals surface area contributed by atoms with E-state index in [9.17, 15) is 8.78 Å². The van der Waals surface area contributed by atoms with Gasteiger partial charge in [0.2, 0.25) is 0 Å². The van der Waals surface area contributed by atoms with Gasteiger partial charge in [0, 0.05) is 55.0 Å². The van der Waals surface area contributed by atoms with Crippen molar-refractivity contribution in [2.24, 2.45) is 0 Å². The first kappa shape index (κ1) is 16.8. The van der Waals surface area contributed by atoms with Crippen molar-refractivity contribution in [1.29, 1.82) is 0 Å². The zero-order valence-corrected chi connectivity index (χ0v) is 13.9. The van der Waals surface area contributed by atoms with Crippen molar-refractivity contribution in [1.82, 2.24) is 14.9 Å². The van der Waals surface area contributed by atoms with Crippen LogP contribution in [-0.2, 0) is 19.5 Å². The molecule has 0 amide bonds. The van der Waals surface area contributed by atoms with Crippen LogP contribution in [0.3, 0.4) is 0 Å². The van der Waals surface area contributed by atoms with E-state index in [1.54, 1.807) is 12.1 Å². The predicted molar refractivity (Wildman–Crippen MR) is 87.0 cm³/mol. The highest BCUT2D eigenvalue weighted by Gasteiger charge is 2.20. The maximum absolute atomic E-state index is 12.5. The van der Waals surface area contributed by atoms with E-state index in [0.29, 0.717) is 12.5 Å². The highest BCUT2D eigenvalue weighted by Crippen LogP contribution is 2.25. The predicted octanol–water partition coefficient (Wildman–Crippen LogP) is 3.76. The Morgan fingerprint density at radius 1 is 1.25 bits per heavy atom. The molecule has 0 N–H and O–H groups in total. The number of fused-ring (bicyclic) bond motifs is 1. The molecule has 2 aromatic rings. The number of benzene rings is 1. The van der Waals surface area contributed by atoms with Crippen LogP contribution in [0.4, 0.5) is 8.78 Å². The average Bonchev–Trinajstić information content (AvgIpc) is 2.55. The van der Waals surface area contributed by atoms with Gasteiger partial charge in [-0.1, -0.05) is 32.0 Å². The highest BCUT2D eigenvalue weighted by atomic mass is 19.3. The first-order chi connectivity index (χ1) is 11.5. The summed E-state index contributed by atoms with van der Waals surface area (Å²) in [7, 11) is 0. The van der Waals surface area contributed by atoms with Crippen molar-refractivity contribution in [3.05, 3.63) is 53.1 Å². The number of halogens is 2. The highest BCUT2D eigenvalue weighted by molar-refractivity contribution is 5.33. The Labute approximate surface area is 140 Å². The lowest BCUT2D eigenvalue weighted by Gasteiger charge is -2.28. The standard InChI is InChI=1S/C18H21F2N3O/c1-12(2)17-21-9-14-11-23(8-7-15(14)22-17)10-13-5-3-4-6-16(13)24-18(19)20/h3-6,9,12,18H,7-8,10-11H2,1-2H3. The Morgan fingerprint density at radius 3 is 2.79 bits per heavy atom. The summed E-state index contributed by atoms with van der Waals surface area (Å²) in [6.07, 6.45) is 2.74. The first-order valence-corrected chi connectivity index (χ1v) is 8.12. The molecule has 0 atom stereocenters. The molecule has 0 radical (unpaired) electrons. The summed E-state index contributed by atoms with van der Waals surface area (Å²) < 4.78 is 29.7. The van der Waals surface area contributed by atoms with Crippen molar-refractivity contribution in [3.8, 4) is 5.75 Å². The van der Waals surface area contributed by atoms with Crippen molar-refractivity contribution in [2.75, 3.05) is 6.54 Å². The van der Waals surface area contributed by atoms with Crippen LogP contribution in [0.15, 0.2) is 30.5 Å². The molecule has 3 rings (SSSR count). The zero-order valence-electron chi connectivity index (χ0n) is 13.9. The minimum Gasteiger partial charge on any atom is -0.434 e. The van der Waals surface area contributed by atoms with Gasteiger partial charge < -0.3 is 4.74 Å². The lowest BCUT2D eigenvalue weighted by molar-refractivity contribution is -0.0508. The molecule has 1 aromatic heterocycles. The van der Waals surface area contributed by atoms with Gasteiger partial charge in [-0.25, -0.2) is 9.97 Å². The van der Waals surface area contributed by atoms with E-state index in [-0.39, 0.29) is 5.75 Å². The summed E-state index contributed by atoms with van der Waals surface area (Å²) in [5.41, 5.74) is 2.97. The summed E-state index contributed by atoms with van der Waals surface area (Å²) in [5, 5.41) is 0. The minimum atomic E-state index is -2.81. The van der Waals surface area contributed by atoms with E-state index in [4.69, 9.17) is 0 Å². The summed E-state index contributed by atoms with van der Waals surface area (Å²) >= 11 is 0. The molecule has 0 bridgehead atoms. The van der Waals surface area contributed by atoms with E-state index in [1.165, 1.54) is 0 Å². The number of hydrogen-bond donors (Lipinski definition) is 0. The molecule has 0 saturated carbocycles. The quantitative estimate of drug-likeness (QED) is 0.835. The molecule has 128 valence electrons. The summed E-state index contributed by atoms with van der Waals surface area (Å²) in [5.74, 6) is 1.43. The lowest BCUT2D eigenvalue weighted by atomic mass is 10.1. The SMILES string of the molecule is CC(C)c1ncc2c(n1)CCN(Cc1ccccc1OC(F)F)C2. The Balaban J connectivity index is 1.73. The van der Waals surface area contributed by atoms with Crippen molar-refractivity contribution < 1.29 is 13.5 Å². The largest absolute Gasteiger partial charge is 0.434 e. The summed E-state index contributed by atoms with van der Waals surface area (Å²) in [6, 6.07) is 6.95. The Kier molecular flexibility index (Phi) is 5.04. The van der Waals surface area contributed by atoms with Crippen LogP contribution >= 0.6 is 0 Å². The van der Waals surface area contributed by atoms with E-state index in [1.807, 2.05) is 18.3 Å². The van der Waals surface area contributed by atoms with Crippen LogP contribution in [0.25, 0.3) is 0 Å². The summed E-state index contributed by atoms with van der Waals surface area (Å²) in [6.45, 7) is 3.47. The number of aromatic nitrogens is 2. The monoisotopic (exact) mass is 333 g/mol. The average molecular weight is 333 g/mol. The second kappa shape index (κ2) is 7.21. The number of para-hydroxylation sites is 1. The molecule has 1 aliphatic heterocycles. The van der Waals surface area contributed by atoms with Gasteiger partial charge in [0.25, 0.3) is 0 Å². The minimum absolute atomic E-state index is 0.240. The zero-order chi connectivity index (χ0) is 17.1.